The van der Waals surface area contributed by atoms with Gasteiger partial charge in [-0.15, -0.1) is 0 Å². The highest BCUT2D eigenvalue weighted by Gasteiger charge is 2.19. The minimum atomic E-state index is -0.717. The van der Waals surface area contributed by atoms with E-state index in [2.05, 4.69) is 91.0 Å². The number of hydrogen-bond donors (Lipinski definition) is 1. The lowest BCUT2D eigenvalue weighted by atomic mass is 9.88. The first kappa shape index (κ1) is 17.2. The number of hydrogen-bond acceptors (Lipinski definition) is 1. The lowest BCUT2D eigenvalue weighted by molar-refractivity contribution is 0.225. The normalized spacial score (nSPS) is 12.7. The summed E-state index contributed by atoms with van der Waals surface area (Å²) in [6, 6.07) is 37.9. The highest BCUT2D eigenvalue weighted by molar-refractivity contribution is 6.04. The Morgan fingerprint density at radius 3 is 1.57 bits per heavy atom. The van der Waals surface area contributed by atoms with Gasteiger partial charge in [0.15, 0.2) is 0 Å². The molecule has 0 saturated heterocycles. The summed E-state index contributed by atoms with van der Waals surface area (Å²) in [7, 11) is 0. The van der Waals surface area contributed by atoms with E-state index in [9.17, 15) is 5.11 Å². The van der Waals surface area contributed by atoms with E-state index >= 15 is 0 Å². The van der Waals surface area contributed by atoms with Crippen LogP contribution in [0.1, 0.15) is 17.2 Å². The summed E-state index contributed by atoms with van der Waals surface area (Å²) >= 11 is 0. The zero-order valence-corrected chi connectivity index (χ0v) is 16.4. The molecule has 6 rings (SSSR count). The second-order valence-corrected chi connectivity index (χ2v) is 7.90. The van der Waals surface area contributed by atoms with Gasteiger partial charge in [0, 0.05) is 5.56 Å². The molecule has 0 bridgehead atoms. The first-order valence-corrected chi connectivity index (χ1v) is 10.3. The molecule has 0 saturated carbocycles. The van der Waals surface area contributed by atoms with E-state index in [1.54, 1.807) is 0 Å². The van der Waals surface area contributed by atoms with Gasteiger partial charge in [0.1, 0.15) is 6.10 Å². The Bertz CT molecular complexity index is 1510. The molecule has 0 aromatic heterocycles. The fourth-order valence-electron chi connectivity index (χ4n) is 4.73. The van der Waals surface area contributed by atoms with E-state index in [4.69, 9.17) is 0 Å². The molecule has 0 spiro atoms. The lowest BCUT2D eigenvalue weighted by Gasteiger charge is -2.19. The van der Waals surface area contributed by atoms with Crippen molar-refractivity contribution in [2.24, 2.45) is 0 Å². The summed E-state index contributed by atoms with van der Waals surface area (Å²) in [6.45, 7) is 0. The smallest absolute Gasteiger partial charge is 0.106 e. The summed E-state index contributed by atoms with van der Waals surface area (Å²) in [5.41, 5.74) is 1.92. The molecule has 1 N–H and O–H groups in total. The first-order valence-electron chi connectivity index (χ1n) is 10.3. The van der Waals surface area contributed by atoms with Crippen LogP contribution in [0, 0.1) is 0 Å². The van der Waals surface area contributed by atoms with Crippen LogP contribution in [0.25, 0.3) is 43.1 Å². The van der Waals surface area contributed by atoms with E-state index in [0.29, 0.717) is 0 Å². The largest absolute Gasteiger partial charge is 0.384 e. The molecule has 0 aliphatic rings. The van der Waals surface area contributed by atoms with Gasteiger partial charge in [-0.2, -0.15) is 0 Å². The molecular weight excluding hydrogens is 364 g/mol. The molecule has 0 fully saturated rings. The summed E-state index contributed by atoms with van der Waals surface area (Å²) in [5.74, 6) is 0. The summed E-state index contributed by atoms with van der Waals surface area (Å²) in [6.07, 6.45) is -0.717. The van der Waals surface area contributed by atoms with Gasteiger partial charge in [-0.1, -0.05) is 91.0 Å². The van der Waals surface area contributed by atoms with Crippen molar-refractivity contribution in [2.75, 3.05) is 0 Å². The zero-order chi connectivity index (χ0) is 20.1. The molecule has 30 heavy (non-hydrogen) atoms. The maximum Gasteiger partial charge on any atom is 0.106 e. The first-order chi connectivity index (χ1) is 14.8. The third-order valence-electron chi connectivity index (χ3n) is 6.16. The molecule has 1 unspecified atom stereocenters. The second kappa shape index (κ2) is 6.69. The van der Waals surface area contributed by atoms with Gasteiger partial charge >= 0.3 is 0 Å². The average Bonchev–Trinajstić information content (AvgIpc) is 2.80. The van der Waals surface area contributed by atoms with Crippen molar-refractivity contribution in [1.29, 1.82) is 0 Å². The van der Waals surface area contributed by atoms with Gasteiger partial charge in [-0.05, 0) is 66.9 Å². The topological polar surface area (TPSA) is 20.2 Å². The number of aliphatic hydroxyl groups excluding tert-OH is 1. The maximum atomic E-state index is 11.8. The van der Waals surface area contributed by atoms with Crippen molar-refractivity contribution in [1.82, 2.24) is 0 Å². The minimum absolute atomic E-state index is 0.717. The third-order valence-corrected chi connectivity index (χ3v) is 6.16. The van der Waals surface area contributed by atoms with Crippen LogP contribution in [-0.4, -0.2) is 5.11 Å². The van der Waals surface area contributed by atoms with E-state index in [-0.39, 0.29) is 0 Å². The van der Waals surface area contributed by atoms with Crippen LogP contribution in [-0.2, 0) is 0 Å². The minimum Gasteiger partial charge on any atom is -0.384 e. The molecule has 6 aromatic carbocycles. The Kier molecular flexibility index (Phi) is 3.83. The van der Waals surface area contributed by atoms with Crippen LogP contribution in [0.2, 0.25) is 0 Å². The van der Waals surface area contributed by atoms with Crippen LogP contribution in [0.5, 0.6) is 0 Å². The Morgan fingerprint density at radius 1 is 0.433 bits per heavy atom. The third kappa shape index (κ3) is 2.60. The predicted octanol–water partition coefficient (Wildman–Crippen LogP) is 7.38. The molecule has 0 amide bonds. The van der Waals surface area contributed by atoms with Gasteiger partial charge in [-0.25, -0.2) is 0 Å². The Balaban J connectivity index is 1.68. The molecule has 0 heterocycles. The van der Waals surface area contributed by atoms with Crippen molar-refractivity contribution in [2.45, 2.75) is 6.10 Å². The maximum absolute atomic E-state index is 11.8. The SMILES string of the molecule is OC(c1cccc2cc3ccccc3cc12)c1c2ccccc2cc2ccccc12. The van der Waals surface area contributed by atoms with Crippen LogP contribution in [0.4, 0.5) is 0 Å². The Hall–Kier alpha value is -3.68. The zero-order valence-electron chi connectivity index (χ0n) is 16.4. The Morgan fingerprint density at radius 2 is 0.900 bits per heavy atom. The Labute approximate surface area is 174 Å². The fraction of sp³-hybridized carbons (Fsp3) is 0.0345. The summed E-state index contributed by atoms with van der Waals surface area (Å²) in [4.78, 5) is 0. The quantitative estimate of drug-likeness (QED) is 0.309. The van der Waals surface area contributed by atoms with Gasteiger partial charge in [0.05, 0.1) is 0 Å². The van der Waals surface area contributed by atoms with E-state index in [1.807, 2.05) is 18.2 Å². The standard InChI is InChI=1S/C29H20O/c30-29(26-15-7-12-23-16-19-8-1-2-9-20(19)18-27(23)26)28-24-13-5-3-10-21(24)17-22-11-4-6-14-25(22)28/h1-18,29-30H. The number of rotatable bonds is 2. The van der Waals surface area contributed by atoms with Crippen LogP contribution >= 0.6 is 0 Å². The van der Waals surface area contributed by atoms with Crippen LogP contribution in [0.3, 0.4) is 0 Å². The molecule has 1 atom stereocenters. The van der Waals surface area contributed by atoms with Gasteiger partial charge in [0.25, 0.3) is 0 Å². The predicted molar refractivity (Wildman–Crippen MR) is 127 cm³/mol. The molecular formula is C29H20O. The van der Waals surface area contributed by atoms with Crippen LogP contribution < -0.4 is 0 Å². The number of benzene rings is 6. The summed E-state index contributed by atoms with van der Waals surface area (Å²) in [5, 5.41) is 20.9. The van der Waals surface area contributed by atoms with Gasteiger partial charge in [0.2, 0.25) is 0 Å². The highest BCUT2D eigenvalue weighted by atomic mass is 16.3. The average molecular weight is 384 g/mol. The lowest BCUT2D eigenvalue weighted by Crippen LogP contribution is -2.03. The van der Waals surface area contributed by atoms with Crippen LogP contribution in [0.15, 0.2) is 109 Å². The molecule has 1 nitrogen and oxygen atoms in total. The molecule has 0 aliphatic carbocycles. The van der Waals surface area contributed by atoms with Crippen molar-refractivity contribution >= 4 is 43.1 Å². The summed E-state index contributed by atoms with van der Waals surface area (Å²) < 4.78 is 0. The van der Waals surface area contributed by atoms with Crippen molar-refractivity contribution < 1.29 is 5.11 Å². The highest BCUT2D eigenvalue weighted by Crippen LogP contribution is 2.38. The van der Waals surface area contributed by atoms with Gasteiger partial charge < -0.3 is 5.11 Å². The number of aliphatic hydroxyl groups is 1. The van der Waals surface area contributed by atoms with E-state index in [0.717, 1.165) is 43.4 Å². The van der Waals surface area contributed by atoms with E-state index < -0.39 is 6.10 Å². The van der Waals surface area contributed by atoms with E-state index in [1.165, 1.54) is 10.8 Å². The molecule has 0 aliphatic heterocycles. The fourth-order valence-corrected chi connectivity index (χ4v) is 4.73. The second-order valence-electron chi connectivity index (χ2n) is 7.90. The van der Waals surface area contributed by atoms with Crippen molar-refractivity contribution in [3.05, 3.63) is 120 Å². The molecule has 142 valence electrons. The molecule has 1 heteroatoms. The monoisotopic (exact) mass is 384 g/mol. The van der Waals surface area contributed by atoms with Crippen molar-refractivity contribution in [3.63, 3.8) is 0 Å². The number of fused-ring (bicyclic) bond motifs is 4. The van der Waals surface area contributed by atoms with Crippen molar-refractivity contribution in [3.8, 4) is 0 Å². The molecule has 0 radical (unpaired) electrons. The van der Waals surface area contributed by atoms with Gasteiger partial charge in [-0.3, -0.25) is 0 Å². The molecule has 6 aromatic rings.